The topological polar surface area (TPSA) is 55.3 Å². The summed E-state index contributed by atoms with van der Waals surface area (Å²) in [5, 5.41) is 1.70. The van der Waals surface area contributed by atoms with Gasteiger partial charge in [0.2, 0.25) is 0 Å². The van der Waals surface area contributed by atoms with E-state index in [0.717, 1.165) is 17.9 Å². The predicted octanol–water partition coefficient (Wildman–Crippen LogP) is 2.00. The Kier molecular flexibility index (Phi) is 3.01. The molecule has 0 aromatic heterocycles. The lowest BCUT2D eigenvalue weighted by Gasteiger charge is -2.28. The van der Waals surface area contributed by atoms with Crippen LogP contribution < -0.4 is 16.6 Å². The molecule has 0 aliphatic heterocycles. The second kappa shape index (κ2) is 3.88. The molecule has 0 bridgehead atoms. The van der Waals surface area contributed by atoms with Gasteiger partial charge in [0.25, 0.3) is 0 Å². The summed E-state index contributed by atoms with van der Waals surface area (Å²) in [6, 6.07) is 7.64. The highest BCUT2D eigenvalue weighted by molar-refractivity contribution is 5.66. The zero-order chi connectivity index (χ0) is 10.8. The van der Waals surface area contributed by atoms with Crippen LogP contribution in [0.3, 0.4) is 0 Å². The number of hydrogen-bond acceptors (Lipinski definition) is 3. The summed E-state index contributed by atoms with van der Waals surface area (Å²) >= 11 is 0. The Bertz CT molecular complexity index is 302. The van der Waals surface area contributed by atoms with Crippen molar-refractivity contribution in [3.8, 4) is 0 Å². The molecule has 1 rings (SSSR count). The molecule has 0 saturated carbocycles. The minimum Gasteiger partial charge on any atom is -0.397 e. The van der Waals surface area contributed by atoms with Crippen molar-refractivity contribution < 1.29 is 0 Å². The first-order valence-corrected chi connectivity index (χ1v) is 4.77. The van der Waals surface area contributed by atoms with Crippen LogP contribution in [-0.4, -0.2) is 6.54 Å². The molecule has 1 aromatic carbocycles. The number of hydrogen-bond donors (Lipinski definition) is 2. The maximum absolute atomic E-state index is 5.94. The van der Waals surface area contributed by atoms with E-state index < -0.39 is 0 Å². The fourth-order valence-electron chi connectivity index (χ4n) is 1.35. The first kappa shape index (κ1) is 10.9. The summed E-state index contributed by atoms with van der Waals surface area (Å²) in [5.41, 5.74) is 7.60. The van der Waals surface area contributed by atoms with Crippen molar-refractivity contribution >= 4 is 11.4 Å². The van der Waals surface area contributed by atoms with Gasteiger partial charge in [-0.25, -0.2) is 5.84 Å². The third kappa shape index (κ3) is 2.92. The number of nitrogens with two attached hydrogens (primary N) is 2. The monoisotopic (exact) mass is 193 g/mol. The second-order valence-corrected chi connectivity index (χ2v) is 4.75. The quantitative estimate of drug-likeness (QED) is 0.429. The minimum absolute atomic E-state index is 0.164. The average molecular weight is 193 g/mol. The van der Waals surface area contributed by atoms with Crippen LogP contribution in [0.1, 0.15) is 20.8 Å². The Morgan fingerprint density at radius 1 is 1.21 bits per heavy atom. The molecule has 0 saturated heterocycles. The maximum atomic E-state index is 5.94. The van der Waals surface area contributed by atoms with Gasteiger partial charge in [-0.05, 0) is 17.5 Å². The first-order chi connectivity index (χ1) is 6.40. The van der Waals surface area contributed by atoms with Gasteiger partial charge < -0.3 is 10.7 Å². The predicted molar refractivity (Wildman–Crippen MR) is 61.8 cm³/mol. The van der Waals surface area contributed by atoms with Crippen LogP contribution in [0.15, 0.2) is 24.3 Å². The summed E-state index contributed by atoms with van der Waals surface area (Å²) in [6.45, 7) is 7.21. The molecule has 3 heteroatoms. The zero-order valence-corrected chi connectivity index (χ0v) is 9.12. The van der Waals surface area contributed by atoms with E-state index in [1.807, 2.05) is 24.3 Å². The van der Waals surface area contributed by atoms with E-state index in [1.54, 1.807) is 5.01 Å². The molecule has 78 valence electrons. The third-order valence-corrected chi connectivity index (χ3v) is 1.89. The fraction of sp³-hybridized carbons (Fsp3) is 0.455. The maximum Gasteiger partial charge on any atom is 0.0746 e. The van der Waals surface area contributed by atoms with Crippen LogP contribution in [0.2, 0.25) is 0 Å². The van der Waals surface area contributed by atoms with Crippen LogP contribution >= 0.6 is 0 Å². The van der Waals surface area contributed by atoms with E-state index in [0.29, 0.717) is 0 Å². The lowest BCUT2D eigenvalue weighted by molar-refractivity contribution is 0.412. The summed E-state index contributed by atoms with van der Waals surface area (Å²) in [5.74, 6) is 5.94. The van der Waals surface area contributed by atoms with Gasteiger partial charge in [0.15, 0.2) is 0 Å². The van der Waals surface area contributed by atoms with Crippen molar-refractivity contribution in [3.63, 3.8) is 0 Å². The van der Waals surface area contributed by atoms with Crippen molar-refractivity contribution in [1.82, 2.24) is 0 Å². The van der Waals surface area contributed by atoms with Crippen molar-refractivity contribution in [1.29, 1.82) is 0 Å². The molecule has 0 aliphatic rings. The third-order valence-electron chi connectivity index (χ3n) is 1.89. The zero-order valence-electron chi connectivity index (χ0n) is 9.12. The summed E-state index contributed by atoms with van der Waals surface area (Å²) in [7, 11) is 0. The van der Waals surface area contributed by atoms with Crippen LogP contribution in [0.25, 0.3) is 0 Å². The molecule has 0 unspecified atom stereocenters. The van der Waals surface area contributed by atoms with E-state index in [-0.39, 0.29) is 5.41 Å². The normalized spacial score (nSPS) is 11.4. The van der Waals surface area contributed by atoms with Crippen LogP contribution in [0.4, 0.5) is 11.4 Å². The largest absolute Gasteiger partial charge is 0.397 e. The van der Waals surface area contributed by atoms with Crippen LogP contribution in [0.5, 0.6) is 0 Å². The van der Waals surface area contributed by atoms with E-state index in [9.17, 15) is 0 Å². The highest BCUT2D eigenvalue weighted by Crippen LogP contribution is 2.23. The molecule has 3 nitrogen and oxygen atoms in total. The van der Waals surface area contributed by atoms with Gasteiger partial charge in [-0.3, -0.25) is 0 Å². The van der Waals surface area contributed by atoms with E-state index >= 15 is 0 Å². The van der Waals surface area contributed by atoms with E-state index in [4.69, 9.17) is 11.6 Å². The summed E-state index contributed by atoms with van der Waals surface area (Å²) < 4.78 is 0. The molecule has 0 aliphatic carbocycles. The first-order valence-electron chi connectivity index (χ1n) is 4.77. The summed E-state index contributed by atoms with van der Waals surface area (Å²) in [4.78, 5) is 0. The van der Waals surface area contributed by atoms with Gasteiger partial charge in [0.1, 0.15) is 0 Å². The number of nitrogens with zero attached hydrogens (tertiary/aromatic N) is 1. The lowest BCUT2D eigenvalue weighted by Crippen LogP contribution is -2.38. The Morgan fingerprint density at radius 3 is 2.29 bits per heavy atom. The van der Waals surface area contributed by atoms with E-state index in [1.165, 1.54) is 0 Å². The minimum atomic E-state index is 0.164. The van der Waals surface area contributed by atoms with Gasteiger partial charge >= 0.3 is 0 Å². The number of hydrazine groups is 1. The second-order valence-electron chi connectivity index (χ2n) is 4.75. The Labute approximate surface area is 85.7 Å². The number of anilines is 2. The number of para-hydroxylation sites is 2. The molecule has 0 atom stereocenters. The number of rotatable bonds is 2. The highest BCUT2D eigenvalue weighted by Gasteiger charge is 2.15. The van der Waals surface area contributed by atoms with Gasteiger partial charge in [0, 0.05) is 6.54 Å². The van der Waals surface area contributed by atoms with Crippen LogP contribution in [0, 0.1) is 5.41 Å². The molecule has 4 N–H and O–H groups in total. The molecule has 0 radical (unpaired) electrons. The molecule has 0 heterocycles. The van der Waals surface area contributed by atoms with Gasteiger partial charge in [-0.1, -0.05) is 32.9 Å². The van der Waals surface area contributed by atoms with Gasteiger partial charge in [-0.15, -0.1) is 0 Å². The highest BCUT2D eigenvalue weighted by atomic mass is 15.4. The number of benzene rings is 1. The van der Waals surface area contributed by atoms with Crippen molar-refractivity contribution in [2.24, 2.45) is 11.3 Å². The molecular weight excluding hydrogens is 174 g/mol. The van der Waals surface area contributed by atoms with Crippen molar-refractivity contribution in [2.75, 3.05) is 17.3 Å². The fourth-order valence-corrected chi connectivity index (χ4v) is 1.35. The smallest absolute Gasteiger partial charge is 0.0746 e. The Hall–Kier alpha value is -1.22. The standard InChI is InChI=1S/C11H19N3/c1-11(2,3)8-14(13)10-7-5-4-6-9(10)12/h4-7H,8,12-13H2,1-3H3. The van der Waals surface area contributed by atoms with Gasteiger partial charge in [-0.2, -0.15) is 0 Å². The molecule has 0 amide bonds. The van der Waals surface area contributed by atoms with E-state index in [2.05, 4.69) is 20.8 Å². The lowest BCUT2D eigenvalue weighted by atomic mass is 9.96. The van der Waals surface area contributed by atoms with Crippen LogP contribution in [-0.2, 0) is 0 Å². The Morgan fingerprint density at radius 2 is 1.79 bits per heavy atom. The van der Waals surface area contributed by atoms with Crippen molar-refractivity contribution in [2.45, 2.75) is 20.8 Å². The summed E-state index contributed by atoms with van der Waals surface area (Å²) in [6.07, 6.45) is 0. The van der Waals surface area contributed by atoms with Crippen molar-refractivity contribution in [3.05, 3.63) is 24.3 Å². The van der Waals surface area contributed by atoms with Gasteiger partial charge in [0.05, 0.1) is 11.4 Å². The Balaban J connectivity index is 2.80. The molecule has 14 heavy (non-hydrogen) atoms. The molecule has 0 fully saturated rings. The average Bonchev–Trinajstić information content (AvgIpc) is 2.01. The SMILES string of the molecule is CC(C)(C)CN(N)c1ccccc1N. The molecule has 0 spiro atoms. The molecular formula is C11H19N3. The number of nitrogen functional groups attached to an aromatic ring is 1. The molecule has 1 aromatic rings.